The summed E-state index contributed by atoms with van der Waals surface area (Å²) in [6, 6.07) is 15.7. The first-order valence-corrected chi connectivity index (χ1v) is 15.8. The number of ketones is 1. The van der Waals surface area contributed by atoms with Gasteiger partial charge in [-0.25, -0.2) is 0 Å². The first-order chi connectivity index (χ1) is 21.1. The fourth-order valence-electron chi connectivity index (χ4n) is 6.16. The van der Waals surface area contributed by atoms with Gasteiger partial charge in [0.15, 0.2) is 5.78 Å². The van der Waals surface area contributed by atoms with Crippen molar-refractivity contribution < 1.29 is 32.7 Å². The number of rotatable bonds is 8. The Hall–Kier alpha value is -2.88. The van der Waals surface area contributed by atoms with E-state index in [1.807, 2.05) is 78.9 Å². The molecule has 0 bridgehead atoms. The Morgan fingerprint density at radius 3 is 2.25 bits per heavy atom. The van der Waals surface area contributed by atoms with Crippen LogP contribution in [0.5, 0.6) is 0 Å². The van der Waals surface area contributed by atoms with Gasteiger partial charge in [-0.05, 0) is 76.4 Å². The molecule has 2 aromatic carbocycles. The quantitative estimate of drug-likeness (QED) is 0.110. The van der Waals surface area contributed by atoms with Crippen LogP contribution in [-0.2, 0) is 36.7 Å². The number of allylic oxidation sites excluding steroid dienone is 2. The Morgan fingerprint density at radius 1 is 0.977 bits per heavy atom. The molecule has 1 aliphatic rings. The molecule has 0 aliphatic heterocycles. The van der Waals surface area contributed by atoms with E-state index in [0.717, 1.165) is 69.7 Å². The number of aliphatic hydroxyl groups excluding tert-OH is 1. The summed E-state index contributed by atoms with van der Waals surface area (Å²) in [4.78, 5) is 21.0. The summed E-state index contributed by atoms with van der Waals surface area (Å²) >= 11 is 0. The molecule has 5 heteroatoms. The molecule has 0 amide bonds. The molecule has 0 unspecified atom stereocenters. The van der Waals surface area contributed by atoms with Crippen molar-refractivity contribution in [3.63, 3.8) is 0 Å². The molecule has 4 nitrogen and oxygen atoms in total. The number of fused-ring (bicyclic) bond motifs is 3. The van der Waals surface area contributed by atoms with Crippen LogP contribution in [0.1, 0.15) is 107 Å². The average molecular weight is 772 g/mol. The van der Waals surface area contributed by atoms with Crippen molar-refractivity contribution in [2.24, 2.45) is 17.3 Å². The van der Waals surface area contributed by atoms with Gasteiger partial charge in [-0.15, -0.1) is 12.1 Å². The van der Waals surface area contributed by atoms with Gasteiger partial charge in [0.25, 0.3) is 0 Å². The molecule has 2 heterocycles. The Bertz CT molecular complexity index is 1730. The zero-order valence-electron chi connectivity index (χ0n) is 29.8. The van der Waals surface area contributed by atoms with Crippen LogP contribution in [0.25, 0.3) is 32.9 Å². The second kappa shape index (κ2) is 14.5. The summed E-state index contributed by atoms with van der Waals surface area (Å²) in [6.07, 6.45) is 7.07. The monoisotopic (exact) mass is 772 g/mol. The molecule has 2 aromatic heterocycles. The first-order valence-electron chi connectivity index (χ1n) is 16.8. The van der Waals surface area contributed by atoms with Crippen LogP contribution in [-0.4, -0.2) is 20.9 Å². The molecule has 0 spiro atoms. The minimum Gasteiger partial charge on any atom is -0.512 e. The fourth-order valence-corrected chi connectivity index (χ4v) is 6.16. The number of hydrogen-bond acceptors (Lipinski definition) is 4. The SMILES string of the molecule is CCC(CC)C(=O)/C=C(\O)C(CC)CC.[2H]C([2H])(c1cc2c3c(nccc3c1)-c1[c-]c3cccnc3cc1C2(C)C)C(C)(C)C.[Ir]. The third kappa shape index (κ3) is 7.49. The molecule has 0 atom stereocenters. The standard InChI is InChI=1S/C26H25N2.C13H24O2.Ir/c1-25(2,3)15-16-11-18-8-10-28-24-19-13-17-7-6-9-27-22(17)14-20(19)26(4,5)21(12-16)23(18)24;1-5-10(6-2)12(14)9-13(15)11(7-3)8-4;/h6-12,14H,15H2,1-5H3;9-11,14H,5-8H2,1-4H3;/q-1;;/b;12-9-;/i15D2;;. The Morgan fingerprint density at radius 2 is 1.64 bits per heavy atom. The summed E-state index contributed by atoms with van der Waals surface area (Å²) in [7, 11) is 0. The van der Waals surface area contributed by atoms with Gasteiger partial charge in [-0.2, -0.15) is 0 Å². The number of carbonyl (C=O) groups excluding carboxylic acids is 1. The van der Waals surface area contributed by atoms with E-state index in [0.29, 0.717) is 5.56 Å². The van der Waals surface area contributed by atoms with E-state index in [-0.39, 0.29) is 48.9 Å². The molecule has 5 rings (SSSR count). The summed E-state index contributed by atoms with van der Waals surface area (Å²) in [5, 5.41) is 12.9. The van der Waals surface area contributed by atoms with Crippen molar-refractivity contribution in [1.82, 2.24) is 9.97 Å². The zero-order chi connectivity index (χ0) is 33.3. The van der Waals surface area contributed by atoms with E-state index in [4.69, 9.17) is 7.73 Å². The number of nitrogens with zero attached hydrogens (tertiary/aromatic N) is 2. The molecule has 237 valence electrons. The molecule has 0 fully saturated rings. The third-order valence-electron chi connectivity index (χ3n) is 8.70. The van der Waals surface area contributed by atoms with Gasteiger partial charge in [0.2, 0.25) is 0 Å². The van der Waals surface area contributed by atoms with Crippen molar-refractivity contribution >= 4 is 27.5 Å². The molecular weight excluding hydrogens is 721 g/mol. The van der Waals surface area contributed by atoms with Crippen molar-refractivity contribution in [2.45, 2.75) is 99.8 Å². The number of aliphatic hydroxyl groups is 1. The summed E-state index contributed by atoms with van der Waals surface area (Å²) < 4.78 is 17.7. The summed E-state index contributed by atoms with van der Waals surface area (Å²) in [6.45, 7) is 18.3. The maximum atomic E-state index is 11.7. The normalized spacial score (nSPS) is 14.8. The van der Waals surface area contributed by atoms with Gasteiger partial charge in [0.1, 0.15) is 0 Å². The van der Waals surface area contributed by atoms with E-state index in [9.17, 15) is 9.90 Å². The Labute approximate surface area is 281 Å². The largest absolute Gasteiger partial charge is 0.512 e. The van der Waals surface area contributed by atoms with Gasteiger partial charge in [0, 0.05) is 58.8 Å². The number of hydrogen-bond donors (Lipinski definition) is 1. The van der Waals surface area contributed by atoms with Gasteiger partial charge >= 0.3 is 0 Å². The molecular formula is C39H49IrN2O2-. The number of aromatic nitrogens is 2. The van der Waals surface area contributed by atoms with Crippen LogP contribution in [0.15, 0.2) is 60.6 Å². The van der Waals surface area contributed by atoms with Crippen molar-refractivity contribution in [2.75, 3.05) is 0 Å². The van der Waals surface area contributed by atoms with Crippen LogP contribution in [0.4, 0.5) is 0 Å². The minimum absolute atomic E-state index is 0. The van der Waals surface area contributed by atoms with Crippen molar-refractivity contribution in [3.8, 4) is 11.3 Å². The Kier molecular flexibility index (Phi) is 10.7. The van der Waals surface area contributed by atoms with Gasteiger partial charge in [-0.1, -0.05) is 103 Å². The molecule has 44 heavy (non-hydrogen) atoms. The number of carbonyl (C=O) groups is 1. The fraction of sp³-hybridized carbons (Fsp3) is 0.462. The predicted octanol–water partition coefficient (Wildman–Crippen LogP) is 10.3. The minimum atomic E-state index is -1.46. The molecule has 1 N–H and O–H groups in total. The summed E-state index contributed by atoms with van der Waals surface area (Å²) in [5.74, 6) is 0.547. The topological polar surface area (TPSA) is 63.1 Å². The van der Waals surface area contributed by atoms with Crippen molar-refractivity contribution in [3.05, 3.63) is 83.4 Å². The van der Waals surface area contributed by atoms with E-state index in [2.05, 4.69) is 37.0 Å². The van der Waals surface area contributed by atoms with E-state index >= 15 is 0 Å². The van der Waals surface area contributed by atoms with E-state index in [1.165, 1.54) is 6.08 Å². The van der Waals surface area contributed by atoms with Gasteiger partial charge in [-0.3, -0.25) is 14.8 Å². The zero-order valence-corrected chi connectivity index (χ0v) is 30.2. The third-order valence-corrected chi connectivity index (χ3v) is 8.70. The predicted molar refractivity (Wildman–Crippen MR) is 180 cm³/mol. The smallest absolute Gasteiger partial charge is 0.162 e. The maximum Gasteiger partial charge on any atom is 0.162 e. The maximum absolute atomic E-state index is 11.7. The van der Waals surface area contributed by atoms with Crippen LogP contribution in [0.2, 0.25) is 0 Å². The second-order valence-corrected chi connectivity index (χ2v) is 13.3. The second-order valence-electron chi connectivity index (χ2n) is 13.3. The molecule has 0 saturated heterocycles. The summed E-state index contributed by atoms with van der Waals surface area (Å²) in [5.41, 5.74) is 4.98. The van der Waals surface area contributed by atoms with Crippen LogP contribution >= 0.6 is 0 Å². The van der Waals surface area contributed by atoms with Gasteiger partial charge in [0.05, 0.1) is 5.76 Å². The van der Waals surface area contributed by atoms with E-state index < -0.39 is 11.8 Å². The molecule has 1 radical (unpaired) electrons. The molecule has 1 aliphatic carbocycles. The number of benzene rings is 2. The van der Waals surface area contributed by atoms with Crippen LogP contribution in [0.3, 0.4) is 0 Å². The Balaban J connectivity index is 0.000000309. The van der Waals surface area contributed by atoms with Gasteiger partial charge < -0.3 is 5.11 Å². The van der Waals surface area contributed by atoms with Crippen molar-refractivity contribution in [1.29, 1.82) is 0 Å². The first kappa shape index (κ1) is 32.5. The van der Waals surface area contributed by atoms with Crippen LogP contribution < -0.4 is 0 Å². The molecule has 0 saturated carbocycles. The van der Waals surface area contributed by atoms with Crippen LogP contribution in [0, 0.1) is 23.3 Å². The molecule has 4 aromatic rings. The number of pyridine rings is 2. The van der Waals surface area contributed by atoms with E-state index in [1.54, 1.807) is 6.20 Å². The average Bonchev–Trinajstić information content (AvgIpc) is 3.00.